The second kappa shape index (κ2) is 10.4. The number of rotatable bonds is 8. The van der Waals surface area contributed by atoms with Crippen LogP contribution >= 0.6 is 34.7 Å². The first-order chi connectivity index (χ1) is 15.3. The Balaban J connectivity index is 1.75. The standard InChI is InChI=1S/C21H23ClN4O4S2/c1-6-13-11(2)32-19(17(13)20(28)30-5)23-16(27)10-31-21-25-24-18(26(21)3)14-9-12(22)7-8-15(14)29-4/h7-9H,6,10H2,1-5H3,(H,23,27). The van der Waals surface area contributed by atoms with Crippen molar-refractivity contribution in [3.8, 4) is 17.1 Å². The van der Waals surface area contributed by atoms with E-state index < -0.39 is 5.97 Å². The van der Waals surface area contributed by atoms with E-state index in [1.807, 2.05) is 13.8 Å². The minimum absolute atomic E-state index is 0.0949. The lowest BCUT2D eigenvalue weighted by Gasteiger charge is -2.09. The number of nitrogens with one attached hydrogen (secondary N) is 1. The Morgan fingerprint density at radius 1 is 1.28 bits per heavy atom. The summed E-state index contributed by atoms with van der Waals surface area (Å²) in [6, 6.07) is 5.25. The molecule has 0 aliphatic heterocycles. The quantitative estimate of drug-likeness (QED) is 0.361. The lowest BCUT2D eigenvalue weighted by Crippen LogP contribution is -2.16. The van der Waals surface area contributed by atoms with Crippen LogP contribution in [0.3, 0.4) is 0 Å². The van der Waals surface area contributed by atoms with Crippen LogP contribution < -0.4 is 10.1 Å². The largest absolute Gasteiger partial charge is 0.496 e. The molecule has 170 valence electrons. The second-order valence-electron chi connectivity index (χ2n) is 6.73. The van der Waals surface area contributed by atoms with Crippen LogP contribution in [0.2, 0.25) is 5.02 Å². The molecule has 0 saturated carbocycles. The summed E-state index contributed by atoms with van der Waals surface area (Å²) in [5.41, 5.74) is 2.01. The van der Waals surface area contributed by atoms with Crippen molar-refractivity contribution in [1.82, 2.24) is 14.8 Å². The van der Waals surface area contributed by atoms with Crippen molar-refractivity contribution in [1.29, 1.82) is 0 Å². The molecular formula is C21H23ClN4O4S2. The number of aromatic nitrogens is 3. The van der Waals surface area contributed by atoms with Gasteiger partial charge in [0.05, 0.1) is 31.1 Å². The number of hydrogen-bond donors (Lipinski definition) is 1. The van der Waals surface area contributed by atoms with E-state index in [4.69, 9.17) is 21.1 Å². The van der Waals surface area contributed by atoms with Gasteiger partial charge >= 0.3 is 5.97 Å². The number of hydrogen-bond acceptors (Lipinski definition) is 8. The number of esters is 1. The number of thiophene rings is 1. The van der Waals surface area contributed by atoms with Gasteiger partial charge in [-0.25, -0.2) is 4.79 Å². The van der Waals surface area contributed by atoms with Crippen molar-refractivity contribution in [2.75, 3.05) is 25.3 Å². The fourth-order valence-corrected chi connectivity index (χ4v) is 5.27. The number of methoxy groups -OCH3 is 2. The molecule has 0 spiro atoms. The summed E-state index contributed by atoms with van der Waals surface area (Å²) in [5, 5.41) is 12.9. The SMILES string of the molecule is CCc1c(C)sc(NC(=O)CSc2nnc(-c3cc(Cl)ccc3OC)n2C)c1C(=O)OC. The van der Waals surface area contributed by atoms with Gasteiger partial charge in [0.25, 0.3) is 0 Å². The van der Waals surface area contributed by atoms with Gasteiger partial charge in [0.1, 0.15) is 10.8 Å². The third kappa shape index (κ3) is 4.92. The summed E-state index contributed by atoms with van der Waals surface area (Å²) in [6.45, 7) is 3.88. The second-order valence-corrected chi connectivity index (χ2v) is 9.34. The molecule has 0 bridgehead atoms. The number of halogens is 1. The van der Waals surface area contributed by atoms with E-state index in [9.17, 15) is 9.59 Å². The number of thioether (sulfide) groups is 1. The van der Waals surface area contributed by atoms with E-state index in [0.717, 1.165) is 10.4 Å². The Labute approximate surface area is 199 Å². The molecule has 3 aromatic rings. The van der Waals surface area contributed by atoms with Crippen LogP contribution in [0.4, 0.5) is 5.00 Å². The molecule has 1 aromatic carbocycles. The molecule has 11 heteroatoms. The maximum Gasteiger partial charge on any atom is 0.341 e. The Bertz CT molecular complexity index is 1160. The summed E-state index contributed by atoms with van der Waals surface area (Å²) in [5.74, 6) is 0.574. The lowest BCUT2D eigenvalue weighted by molar-refractivity contribution is -0.113. The molecular weight excluding hydrogens is 472 g/mol. The molecule has 0 radical (unpaired) electrons. The van der Waals surface area contributed by atoms with Gasteiger partial charge < -0.3 is 19.4 Å². The molecule has 0 fully saturated rings. The normalized spacial score (nSPS) is 10.8. The maximum atomic E-state index is 12.6. The molecule has 0 atom stereocenters. The summed E-state index contributed by atoms with van der Waals surface area (Å²) in [4.78, 5) is 25.8. The highest BCUT2D eigenvalue weighted by Gasteiger charge is 2.23. The molecule has 0 aliphatic rings. The number of carbonyl (C=O) groups is 2. The van der Waals surface area contributed by atoms with Crippen LogP contribution in [0.25, 0.3) is 11.4 Å². The first kappa shape index (κ1) is 24.1. The van der Waals surface area contributed by atoms with Crippen molar-refractivity contribution in [2.45, 2.75) is 25.4 Å². The monoisotopic (exact) mass is 494 g/mol. The summed E-state index contributed by atoms with van der Waals surface area (Å²) >= 11 is 8.73. The summed E-state index contributed by atoms with van der Waals surface area (Å²) in [6.07, 6.45) is 0.673. The van der Waals surface area contributed by atoms with Crippen LogP contribution in [0, 0.1) is 6.92 Å². The number of benzene rings is 1. The maximum absolute atomic E-state index is 12.6. The molecule has 2 aromatic heterocycles. The van der Waals surface area contributed by atoms with Crippen LogP contribution in [0.5, 0.6) is 5.75 Å². The van der Waals surface area contributed by atoms with E-state index in [1.165, 1.54) is 30.2 Å². The molecule has 0 saturated heterocycles. The molecule has 1 N–H and O–H groups in total. The number of aryl methyl sites for hydroxylation is 1. The van der Waals surface area contributed by atoms with Crippen molar-refractivity contribution < 1.29 is 19.1 Å². The van der Waals surface area contributed by atoms with Gasteiger partial charge in [0.2, 0.25) is 5.91 Å². The summed E-state index contributed by atoms with van der Waals surface area (Å²) < 4.78 is 12.1. The highest BCUT2D eigenvalue weighted by Crippen LogP contribution is 2.35. The van der Waals surface area contributed by atoms with Crippen LogP contribution in [-0.2, 0) is 23.0 Å². The number of nitrogens with zero attached hydrogens (tertiary/aromatic N) is 3. The zero-order valence-electron chi connectivity index (χ0n) is 18.3. The minimum atomic E-state index is -0.456. The highest BCUT2D eigenvalue weighted by atomic mass is 35.5. The molecule has 32 heavy (non-hydrogen) atoms. The van der Waals surface area contributed by atoms with Gasteiger partial charge in [0.15, 0.2) is 11.0 Å². The average Bonchev–Trinajstić information content (AvgIpc) is 3.30. The zero-order valence-corrected chi connectivity index (χ0v) is 20.7. The van der Waals surface area contributed by atoms with Gasteiger partial charge in [-0.15, -0.1) is 21.5 Å². The predicted molar refractivity (Wildman–Crippen MR) is 127 cm³/mol. The first-order valence-electron chi connectivity index (χ1n) is 9.67. The number of amides is 1. The Hall–Kier alpha value is -2.56. The molecule has 0 aliphatic carbocycles. The lowest BCUT2D eigenvalue weighted by atomic mass is 10.1. The highest BCUT2D eigenvalue weighted by molar-refractivity contribution is 7.99. The molecule has 1 amide bonds. The third-order valence-electron chi connectivity index (χ3n) is 4.77. The van der Waals surface area contributed by atoms with Gasteiger partial charge in [0, 0.05) is 16.9 Å². The fraction of sp³-hybridized carbons (Fsp3) is 0.333. The van der Waals surface area contributed by atoms with Crippen molar-refractivity contribution >= 4 is 51.6 Å². The summed E-state index contributed by atoms with van der Waals surface area (Å²) in [7, 11) is 4.71. The fourth-order valence-electron chi connectivity index (χ4n) is 3.23. The third-order valence-corrected chi connectivity index (χ3v) is 7.09. The van der Waals surface area contributed by atoms with Gasteiger partial charge in [-0.3, -0.25) is 4.79 Å². The van der Waals surface area contributed by atoms with E-state index >= 15 is 0 Å². The Morgan fingerprint density at radius 3 is 2.69 bits per heavy atom. The van der Waals surface area contributed by atoms with Gasteiger partial charge in [-0.05, 0) is 37.1 Å². The molecule has 0 unspecified atom stereocenters. The van der Waals surface area contributed by atoms with Crippen molar-refractivity contribution in [3.63, 3.8) is 0 Å². The molecule has 8 nitrogen and oxygen atoms in total. The van der Waals surface area contributed by atoms with E-state index in [-0.39, 0.29) is 11.7 Å². The van der Waals surface area contributed by atoms with E-state index in [2.05, 4.69) is 15.5 Å². The van der Waals surface area contributed by atoms with E-state index in [1.54, 1.807) is 36.9 Å². The van der Waals surface area contributed by atoms with Crippen LogP contribution in [0.1, 0.15) is 27.7 Å². The van der Waals surface area contributed by atoms with Crippen molar-refractivity contribution in [2.24, 2.45) is 7.05 Å². The minimum Gasteiger partial charge on any atom is -0.496 e. The Kier molecular flexibility index (Phi) is 7.81. The number of ether oxygens (including phenoxy) is 2. The van der Waals surface area contributed by atoms with Crippen LogP contribution in [0.15, 0.2) is 23.4 Å². The van der Waals surface area contributed by atoms with Gasteiger partial charge in [-0.2, -0.15) is 0 Å². The predicted octanol–water partition coefficient (Wildman–Crippen LogP) is 4.59. The smallest absolute Gasteiger partial charge is 0.341 e. The van der Waals surface area contributed by atoms with Crippen molar-refractivity contribution in [3.05, 3.63) is 39.2 Å². The Morgan fingerprint density at radius 2 is 2.03 bits per heavy atom. The zero-order chi connectivity index (χ0) is 23.4. The number of anilines is 1. The van der Waals surface area contributed by atoms with Crippen LogP contribution in [-0.4, -0.2) is 46.6 Å². The topological polar surface area (TPSA) is 95.3 Å². The average molecular weight is 495 g/mol. The number of carbonyl (C=O) groups excluding carboxylic acids is 2. The van der Waals surface area contributed by atoms with E-state index in [0.29, 0.717) is 44.3 Å². The molecule has 2 heterocycles. The molecule has 3 rings (SSSR count). The first-order valence-corrected chi connectivity index (χ1v) is 11.8. The van der Waals surface area contributed by atoms with Gasteiger partial charge in [-0.1, -0.05) is 30.3 Å².